The second-order valence-electron chi connectivity index (χ2n) is 4.37. The molecule has 0 amide bonds. The van der Waals surface area contributed by atoms with Crippen LogP contribution in [0.1, 0.15) is 10.4 Å². The molecule has 0 aliphatic rings. The standard InChI is InChI=1S/C16H10FNO2/c17-14-6-2-5-12(15(14)16(19)20)11-4-1-3-10-7-8-18-9-13(10)11/h1-9H,(H,19,20). The van der Waals surface area contributed by atoms with Gasteiger partial charge in [0, 0.05) is 17.8 Å². The molecule has 0 fully saturated rings. The van der Waals surface area contributed by atoms with Crippen molar-refractivity contribution in [2.75, 3.05) is 0 Å². The smallest absolute Gasteiger partial charge is 0.339 e. The van der Waals surface area contributed by atoms with Crippen molar-refractivity contribution >= 4 is 16.7 Å². The number of fused-ring (bicyclic) bond motifs is 1. The second kappa shape index (κ2) is 4.74. The molecule has 1 heterocycles. The molecule has 4 heteroatoms. The van der Waals surface area contributed by atoms with Crippen molar-refractivity contribution in [2.24, 2.45) is 0 Å². The predicted octanol–water partition coefficient (Wildman–Crippen LogP) is 3.74. The van der Waals surface area contributed by atoms with Gasteiger partial charge in [-0.1, -0.05) is 30.3 Å². The third-order valence-corrected chi connectivity index (χ3v) is 3.20. The summed E-state index contributed by atoms with van der Waals surface area (Å²) in [6.45, 7) is 0. The fraction of sp³-hybridized carbons (Fsp3) is 0. The third kappa shape index (κ3) is 1.91. The van der Waals surface area contributed by atoms with Gasteiger partial charge >= 0.3 is 5.97 Å². The molecule has 3 aromatic rings. The van der Waals surface area contributed by atoms with Crippen LogP contribution in [0.3, 0.4) is 0 Å². The zero-order valence-electron chi connectivity index (χ0n) is 10.4. The number of rotatable bonds is 2. The molecular formula is C16H10FNO2. The number of nitrogens with zero attached hydrogens (tertiary/aromatic N) is 1. The molecule has 98 valence electrons. The summed E-state index contributed by atoms with van der Waals surface area (Å²) in [5.74, 6) is -2.02. The van der Waals surface area contributed by atoms with E-state index in [0.29, 0.717) is 11.1 Å². The third-order valence-electron chi connectivity index (χ3n) is 3.20. The first-order valence-corrected chi connectivity index (χ1v) is 6.03. The van der Waals surface area contributed by atoms with Crippen molar-refractivity contribution < 1.29 is 14.3 Å². The zero-order chi connectivity index (χ0) is 14.1. The topological polar surface area (TPSA) is 50.2 Å². The number of carbonyl (C=O) groups is 1. The molecule has 0 saturated heterocycles. The Morgan fingerprint density at radius 2 is 1.80 bits per heavy atom. The highest BCUT2D eigenvalue weighted by molar-refractivity contribution is 6.03. The van der Waals surface area contributed by atoms with E-state index in [1.165, 1.54) is 6.07 Å². The van der Waals surface area contributed by atoms with Crippen LogP contribution in [0.15, 0.2) is 54.9 Å². The maximum atomic E-state index is 13.8. The van der Waals surface area contributed by atoms with Crippen LogP contribution in [-0.2, 0) is 0 Å². The highest BCUT2D eigenvalue weighted by Gasteiger charge is 2.18. The molecule has 0 bridgehead atoms. The molecule has 0 atom stereocenters. The Morgan fingerprint density at radius 3 is 2.60 bits per heavy atom. The van der Waals surface area contributed by atoms with E-state index in [1.54, 1.807) is 24.5 Å². The van der Waals surface area contributed by atoms with E-state index in [-0.39, 0.29) is 5.56 Å². The van der Waals surface area contributed by atoms with Crippen LogP contribution < -0.4 is 0 Å². The van der Waals surface area contributed by atoms with Gasteiger partial charge in [-0.2, -0.15) is 0 Å². The largest absolute Gasteiger partial charge is 0.478 e. The number of hydrogen-bond acceptors (Lipinski definition) is 2. The van der Waals surface area contributed by atoms with Gasteiger partial charge < -0.3 is 5.11 Å². The van der Waals surface area contributed by atoms with Gasteiger partial charge in [0.2, 0.25) is 0 Å². The minimum absolute atomic E-state index is 0.316. The Morgan fingerprint density at radius 1 is 1.05 bits per heavy atom. The lowest BCUT2D eigenvalue weighted by Crippen LogP contribution is -2.03. The van der Waals surface area contributed by atoms with Gasteiger partial charge in [-0.3, -0.25) is 4.98 Å². The molecule has 0 saturated carbocycles. The molecule has 0 aliphatic carbocycles. The zero-order valence-corrected chi connectivity index (χ0v) is 10.4. The molecule has 3 nitrogen and oxygen atoms in total. The van der Waals surface area contributed by atoms with Gasteiger partial charge in [-0.25, -0.2) is 9.18 Å². The molecule has 3 rings (SSSR count). The molecule has 0 spiro atoms. The van der Waals surface area contributed by atoms with E-state index in [9.17, 15) is 14.3 Å². The average Bonchev–Trinajstić information content (AvgIpc) is 2.46. The summed E-state index contributed by atoms with van der Waals surface area (Å²) in [5, 5.41) is 10.9. The van der Waals surface area contributed by atoms with Gasteiger partial charge in [0.15, 0.2) is 0 Å². The highest BCUT2D eigenvalue weighted by Crippen LogP contribution is 2.31. The number of aromatic carboxylic acids is 1. The maximum absolute atomic E-state index is 13.8. The van der Waals surface area contributed by atoms with Crippen molar-refractivity contribution in [3.8, 4) is 11.1 Å². The highest BCUT2D eigenvalue weighted by atomic mass is 19.1. The van der Waals surface area contributed by atoms with Crippen molar-refractivity contribution in [1.29, 1.82) is 0 Å². The molecule has 0 radical (unpaired) electrons. The first kappa shape index (κ1) is 12.3. The lowest BCUT2D eigenvalue weighted by atomic mass is 9.95. The number of carboxylic acids is 1. The average molecular weight is 267 g/mol. The molecule has 20 heavy (non-hydrogen) atoms. The van der Waals surface area contributed by atoms with Crippen molar-refractivity contribution in [2.45, 2.75) is 0 Å². The lowest BCUT2D eigenvalue weighted by molar-refractivity contribution is 0.0693. The normalized spacial score (nSPS) is 10.7. The first-order valence-electron chi connectivity index (χ1n) is 6.03. The van der Waals surface area contributed by atoms with Crippen molar-refractivity contribution in [3.05, 3.63) is 66.2 Å². The van der Waals surface area contributed by atoms with Gasteiger partial charge in [0.05, 0.1) is 0 Å². The lowest BCUT2D eigenvalue weighted by Gasteiger charge is -2.10. The molecule has 0 aliphatic heterocycles. The number of pyridine rings is 1. The number of aromatic nitrogens is 1. The summed E-state index contributed by atoms with van der Waals surface area (Å²) in [5.41, 5.74) is 0.701. The Hall–Kier alpha value is -2.75. The number of halogens is 1. The van der Waals surface area contributed by atoms with Gasteiger partial charge in [-0.05, 0) is 28.6 Å². The molecule has 0 unspecified atom stereocenters. The van der Waals surface area contributed by atoms with Crippen LogP contribution in [0.4, 0.5) is 4.39 Å². The molecule has 2 aromatic carbocycles. The Kier molecular flexibility index (Phi) is 2.91. The SMILES string of the molecule is O=C(O)c1c(F)cccc1-c1cccc2ccncc12. The first-order chi connectivity index (χ1) is 9.68. The Bertz CT molecular complexity index is 809. The summed E-state index contributed by atoms with van der Waals surface area (Å²) < 4.78 is 13.8. The van der Waals surface area contributed by atoms with Crippen LogP contribution in [0.5, 0.6) is 0 Å². The molecule has 1 aromatic heterocycles. The Balaban J connectivity index is 2.37. The fourth-order valence-electron chi connectivity index (χ4n) is 2.31. The van der Waals surface area contributed by atoms with E-state index in [1.807, 2.05) is 18.2 Å². The van der Waals surface area contributed by atoms with E-state index >= 15 is 0 Å². The number of carboxylic acid groups (broad SMARTS) is 1. The number of benzene rings is 2. The van der Waals surface area contributed by atoms with E-state index in [0.717, 1.165) is 16.8 Å². The van der Waals surface area contributed by atoms with Crippen LogP contribution in [-0.4, -0.2) is 16.1 Å². The van der Waals surface area contributed by atoms with Crippen LogP contribution >= 0.6 is 0 Å². The predicted molar refractivity (Wildman–Crippen MR) is 74.1 cm³/mol. The maximum Gasteiger partial charge on any atom is 0.339 e. The van der Waals surface area contributed by atoms with E-state index in [2.05, 4.69) is 4.98 Å². The molecular weight excluding hydrogens is 257 g/mol. The summed E-state index contributed by atoms with van der Waals surface area (Å²) in [6.07, 6.45) is 3.32. The van der Waals surface area contributed by atoms with Crippen molar-refractivity contribution in [3.63, 3.8) is 0 Å². The van der Waals surface area contributed by atoms with Crippen LogP contribution in [0.25, 0.3) is 21.9 Å². The quantitative estimate of drug-likeness (QED) is 0.769. The van der Waals surface area contributed by atoms with E-state index < -0.39 is 11.8 Å². The van der Waals surface area contributed by atoms with Crippen molar-refractivity contribution in [1.82, 2.24) is 4.98 Å². The van der Waals surface area contributed by atoms with E-state index in [4.69, 9.17) is 0 Å². The molecule has 1 N–H and O–H groups in total. The van der Waals surface area contributed by atoms with Gasteiger partial charge in [0.1, 0.15) is 11.4 Å². The van der Waals surface area contributed by atoms with Gasteiger partial charge in [0.25, 0.3) is 0 Å². The van der Waals surface area contributed by atoms with Gasteiger partial charge in [-0.15, -0.1) is 0 Å². The number of hydrogen-bond donors (Lipinski definition) is 1. The second-order valence-corrected chi connectivity index (χ2v) is 4.37. The summed E-state index contributed by atoms with van der Waals surface area (Å²) in [7, 11) is 0. The summed E-state index contributed by atoms with van der Waals surface area (Å²) in [4.78, 5) is 15.4. The minimum atomic E-state index is -1.28. The minimum Gasteiger partial charge on any atom is -0.478 e. The van der Waals surface area contributed by atoms with Crippen LogP contribution in [0, 0.1) is 5.82 Å². The monoisotopic (exact) mass is 267 g/mol. The van der Waals surface area contributed by atoms with Crippen LogP contribution in [0.2, 0.25) is 0 Å². The Labute approximate surface area is 114 Å². The fourth-order valence-corrected chi connectivity index (χ4v) is 2.31. The summed E-state index contributed by atoms with van der Waals surface area (Å²) >= 11 is 0. The summed E-state index contributed by atoms with van der Waals surface area (Å²) in [6, 6.07) is 11.6.